The van der Waals surface area contributed by atoms with Crippen LogP contribution in [-0.2, 0) is 18.5 Å². The first-order valence-corrected chi connectivity index (χ1v) is 10.6. The fraction of sp³-hybridized carbons (Fsp3) is 0.375. The number of anilines is 1. The number of hydrogen-bond donors (Lipinski definition) is 0. The number of pyridine rings is 1. The van der Waals surface area contributed by atoms with Gasteiger partial charge in [-0.25, -0.2) is 9.97 Å². The normalized spacial score (nSPS) is 18.2. The van der Waals surface area contributed by atoms with Crippen molar-refractivity contribution in [2.24, 2.45) is 0 Å². The Balaban J connectivity index is 1.40. The van der Waals surface area contributed by atoms with Gasteiger partial charge < -0.3 is 9.64 Å². The lowest BCUT2D eigenvalue weighted by Gasteiger charge is -2.49. The van der Waals surface area contributed by atoms with Crippen LogP contribution in [0.3, 0.4) is 0 Å². The molecule has 30 heavy (non-hydrogen) atoms. The van der Waals surface area contributed by atoms with Crippen molar-refractivity contribution in [2.75, 3.05) is 31.6 Å². The molecule has 1 spiro atoms. The van der Waals surface area contributed by atoms with Gasteiger partial charge in [0, 0.05) is 62.3 Å². The van der Waals surface area contributed by atoms with E-state index in [2.05, 4.69) is 55.1 Å². The summed E-state index contributed by atoms with van der Waals surface area (Å²) < 4.78 is 5.50. The Morgan fingerprint density at radius 1 is 1.00 bits per heavy atom. The first kappa shape index (κ1) is 19.0. The molecule has 0 amide bonds. The monoisotopic (exact) mass is 401 g/mol. The zero-order valence-electron chi connectivity index (χ0n) is 17.4. The lowest BCUT2D eigenvalue weighted by atomic mass is 9.69. The number of nitrogens with zero attached hydrogens (tertiary/aromatic N) is 5. The molecular formula is C24H27N5O. The molecule has 0 atom stereocenters. The maximum Gasteiger partial charge on any atom is 0.217 e. The Morgan fingerprint density at radius 2 is 1.87 bits per heavy atom. The van der Waals surface area contributed by atoms with E-state index in [1.165, 1.54) is 11.1 Å². The van der Waals surface area contributed by atoms with Gasteiger partial charge >= 0.3 is 0 Å². The highest BCUT2D eigenvalue weighted by molar-refractivity contribution is 5.42. The summed E-state index contributed by atoms with van der Waals surface area (Å²) in [6.07, 6.45) is 9.39. The van der Waals surface area contributed by atoms with Gasteiger partial charge in [0.25, 0.3) is 0 Å². The van der Waals surface area contributed by atoms with Gasteiger partial charge in [-0.15, -0.1) is 0 Å². The molecule has 0 unspecified atom stereocenters. The van der Waals surface area contributed by atoms with Crippen LogP contribution in [0.25, 0.3) is 0 Å². The SMILES string of the molecule is COc1ncccc1CN1Cc2ccccc2C2(CCN(c3cnccn3)CC2)C1. The second kappa shape index (κ2) is 8.03. The van der Waals surface area contributed by atoms with Crippen LogP contribution in [0.5, 0.6) is 5.88 Å². The third-order valence-electron chi connectivity index (χ3n) is 6.54. The van der Waals surface area contributed by atoms with E-state index < -0.39 is 0 Å². The quantitative estimate of drug-likeness (QED) is 0.668. The van der Waals surface area contributed by atoms with E-state index in [1.807, 2.05) is 12.3 Å². The van der Waals surface area contributed by atoms with Gasteiger partial charge in [0.2, 0.25) is 5.88 Å². The summed E-state index contributed by atoms with van der Waals surface area (Å²) in [5.41, 5.74) is 4.28. The fourth-order valence-corrected chi connectivity index (χ4v) is 5.11. The fourth-order valence-electron chi connectivity index (χ4n) is 5.11. The van der Waals surface area contributed by atoms with Crippen molar-refractivity contribution < 1.29 is 4.74 Å². The molecule has 0 saturated carbocycles. The van der Waals surface area contributed by atoms with Crippen LogP contribution in [0.1, 0.15) is 29.5 Å². The zero-order chi connectivity index (χ0) is 20.4. The smallest absolute Gasteiger partial charge is 0.217 e. The highest BCUT2D eigenvalue weighted by atomic mass is 16.5. The van der Waals surface area contributed by atoms with E-state index in [9.17, 15) is 0 Å². The molecule has 6 heteroatoms. The molecule has 1 aromatic carbocycles. The molecule has 0 aliphatic carbocycles. The average Bonchev–Trinajstić information content (AvgIpc) is 2.81. The van der Waals surface area contributed by atoms with Crippen LogP contribution in [-0.4, -0.2) is 46.6 Å². The lowest BCUT2D eigenvalue weighted by Crippen LogP contribution is -2.52. The Kier molecular flexibility index (Phi) is 5.09. The third-order valence-corrected chi connectivity index (χ3v) is 6.54. The summed E-state index contributed by atoms with van der Waals surface area (Å²) in [5, 5.41) is 0. The van der Waals surface area contributed by atoms with Crippen LogP contribution in [0.2, 0.25) is 0 Å². The Hall–Kier alpha value is -2.99. The molecule has 2 aliphatic rings. The number of aromatic nitrogens is 3. The topological polar surface area (TPSA) is 54.4 Å². The molecule has 154 valence electrons. The molecule has 0 N–H and O–H groups in total. The van der Waals surface area contributed by atoms with Crippen LogP contribution in [0, 0.1) is 0 Å². The molecule has 6 nitrogen and oxygen atoms in total. The Bertz CT molecular complexity index is 1000. The number of benzene rings is 1. The van der Waals surface area contributed by atoms with E-state index in [4.69, 9.17) is 4.74 Å². The number of piperidine rings is 1. The summed E-state index contributed by atoms with van der Waals surface area (Å²) in [5.74, 6) is 1.70. The molecule has 5 rings (SSSR count). The zero-order valence-corrected chi connectivity index (χ0v) is 17.4. The minimum atomic E-state index is 0.170. The highest BCUT2D eigenvalue weighted by Crippen LogP contribution is 2.42. The molecule has 2 aromatic heterocycles. The summed E-state index contributed by atoms with van der Waals surface area (Å²) in [4.78, 5) is 18.1. The van der Waals surface area contributed by atoms with Gasteiger partial charge in [0.1, 0.15) is 5.82 Å². The van der Waals surface area contributed by atoms with Crippen molar-refractivity contribution in [1.29, 1.82) is 0 Å². The minimum absolute atomic E-state index is 0.170. The number of methoxy groups -OCH3 is 1. The van der Waals surface area contributed by atoms with Crippen LogP contribution in [0.15, 0.2) is 61.2 Å². The average molecular weight is 402 g/mol. The predicted octanol–water partition coefficient (Wildman–Crippen LogP) is 3.43. The Labute approximate surface area is 177 Å². The van der Waals surface area contributed by atoms with Gasteiger partial charge in [-0.2, -0.15) is 0 Å². The van der Waals surface area contributed by atoms with Gasteiger partial charge in [-0.1, -0.05) is 30.3 Å². The van der Waals surface area contributed by atoms with E-state index in [-0.39, 0.29) is 5.41 Å². The van der Waals surface area contributed by atoms with Crippen molar-refractivity contribution in [2.45, 2.75) is 31.3 Å². The summed E-state index contributed by atoms with van der Waals surface area (Å²) in [7, 11) is 1.70. The second-order valence-electron chi connectivity index (χ2n) is 8.31. The highest BCUT2D eigenvalue weighted by Gasteiger charge is 2.42. The molecular weight excluding hydrogens is 374 g/mol. The molecule has 2 aliphatic heterocycles. The van der Waals surface area contributed by atoms with E-state index in [0.717, 1.165) is 62.8 Å². The van der Waals surface area contributed by atoms with E-state index >= 15 is 0 Å². The van der Waals surface area contributed by atoms with Crippen molar-refractivity contribution in [3.63, 3.8) is 0 Å². The number of fused-ring (bicyclic) bond motifs is 2. The number of hydrogen-bond acceptors (Lipinski definition) is 6. The van der Waals surface area contributed by atoms with Crippen molar-refractivity contribution in [3.8, 4) is 5.88 Å². The van der Waals surface area contributed by atoms with E-state index in [1.54, 1.807) is 25.7 Å². The summed E-state index contributed by atoms with van der Waals surface area (Å²) >= 11 is 0. The van der Waals surface area contributed by atoms with Gasteiger partial charge in [0.15, 0.2) is 0 Å². The lowest BCUT2D eigenvalue weighted by molar-refractivity contribution is 0.144. The molecule has 4 heterocycles. The van der Waals surface area contributed by atoms with Gasteiger partial charge in [0.05, 0.1) is 13.3 Å². The van der Waals surface area contributed by atoms with E-state index in [0.29, 0.717) is 0 Å². The number of rotatable bonds is 4. The first-order valence-electron chi connectivity index (χ1n) is 10.6. The summed E-state index contributed by atoms with van der Waals surface area (Å²) in [6.45, 7) is 4.86. The van der Waals surface area contributed by atoms with Crippen molar-refractivity contribution >= 4 is 5.82 Å². The number of ether oxygens (including phenoxy) is 1. The van der Waals surface area contributed by atoms with Gasteiger partial charge in [-0.05, 0) is 30.0 Å². The summed E-state index contributed by atoms with van der Waals surface area (Å²) in [6, 6.07) is 13.1. The third kappa shape index (κ3) is 3.52. The molecule has 0 radical (unpaired) electrons. The maximum absolute atomic E-state index is 5.50. The minimum Gasteiger partial charge on any atom is -0.481 e. The maximum atomic E-state index is 5.50. The van der Waals surface area contributed by atoms with Crippen LogP contribution < -0.4 is 9.64 Å². The first-order chi connectivity index (χ1) is 14.8. The van der Waals surface area contributed by atoms with Crippen LogP contribution in [0.4, 0.5) is 5.82 Å². The van der Waals surface area contributed by atoms with Gasteiger partial charge in [-0.3, -0.25) is 9.88 Å². The molecule has 1 saturated heterocycles. The molecule has 1 fully saturated rings. The van der Waals surface area contributed by atoms with Crippen molar-refractivity contribution in [3.05, 3.63) is 77.9 Å². The van der Waals surface area contributed by atoms with Crippen LogP contribution >= 0.6 is 0 Å². The molecule has 3 aromatic rings. The standard InChI is InChI=1S/C24H27N5O/c1-30-23-20(6-4-10-27-23)17-28-16-19-5-2-3-7-21(19)24(18-28)8-13-29(14-9-24)22-15-25-11-12-26-22/h2-7,10-12,15H,8-9,13-14,16-18H2,1H3. The second-order valence-corrected chi connectivity index (χ2v) is 8.31. The van der Waals surface area contributed by atoms with Crippen molar-refractivity contribution in [1.82, 2.24) is 19.9 Å². The molecule has 0 bridgehead atoms. The largest absolute Gasteiger partial charge is 0.481 e. The Morgan fingerprint density at radius 3 is 2.67 bits per heavy atom. The predicted molar refractivity (Wildman–Crippen MR) is 117 cm³/mol.